The van der Waals surface area contributed by atoms with Crippen LogP contribution in [-0.4, -0.2) is 49.4 Å². The van der Waals surface area contributed by atoms with Crippen LogP contribution >= 0.6 is 0 Å². The second kappa shape index (κ2) is 8.81. The van der Waals surface area contributed by atoms with Crippen LogP contribution in [-0.2, 0) is 9.59 Å². The first-order chi connectivity index (χ1) is 12.6. The summed E-state index contributed by atoms with van der Waals surface area (Å²) in [6.45, 7) is 3.57. The van der Waals surface area contributed by atoms with Gasteiger partial charge in [-0.05, 0) is 50.2 Å². The number of hydrogen-bond donors (Lipinski definition) is 1. The van der Waals surface area contributed by atoms with E-state index in [1.54, 1.807) is 12.1 Å². The molecule has 5 nitrogen and oxygen atoms in total. The van der Waals surface area contributed by atoms with Gasteiger partial charge in [0.05, 0.1) is 19.0 Å². The molecule has 2 amide bonds. The summed E-state index contributed by atoms with van der Waals surface area (Å²) in [5.74, 6) is 5.07. The highest BCUT2D eigenvalue weighted by molar-refractivity contribution is 6.00. The third-order valence-corrected chi connectivity index (χ3v) is 4.86. The average Bonchev–Trinajstić information content (AvgIpc) is 3.05. The maximum Gasteiger partial charge on any atom is 0.227 e. The van der Waals surface area contributed by atoms with Crippen molar-refractivity contribution in [1.29, 1.82) is 0 Å². The summed E-state index contributed by atoms with van der Waals surface area (Å²) in [7, 11) is 0. The van der Waals surface area contributed by atoms with Crippen molar-refractivity contribution in [3.63, 3.8) is 0 Å². The number of likely N-dealkylation sites (tertiary alicyclic amines) is 1. The molecule has 2 aliphatic heterocycles. The molecule has 0 spiro atoms. The maximum absolute atomic E-state index is 13.0. The molecule has 2 heterocycles. The molecule has 26 heavy (non-hydrogen) atoms. The van der Waals surface area contributed by atoms with Gasteiger partial charge in [0.2, 0.25) is 11.8 Å². The van der Waals surface area contributed by atoms with E-state index in [4.69, 9.17) is 0 Å². The molecule has 0 bridgehead atoms. The summed E-state index contributed by atoms with van der Waals surface area (Å²) in [4.78, 5) is 28.3. The van der Waals surface area contributed by atoms with Gasteiger partial charge in [0.25, 0.3) is 0 Å². The second-order valence-corrected chi connectivity index (χ2v) is 6.79. The van der Waals surface area contributed by atoms with Crippen molar-refractivity contribution in [2.45, 2.75) is 25.7 Å². The summed E-state index contributed by atoms with van der Waals surface area (Å²) in [5, 5.41) is 2.79. The Balaban J connectivity index is 1.44. The van der Waals surface area contributed by atoms with E-state index in [-0.39, 0.29) is 24.1 Å². The van der Waals surface area contributed by atoms with E-state index >= 15 is 0 Å². The normalized spacial score (nSPS) is 20.6. The summed E-state index contributed by atoms with van der Waals surface area (Å²) < 4.78 is 13.0. The van der Waals surface area contributed by atoms with Crippen molar-refractivity contribution in [1.82, 2.24) is 10.2 Å². The third-order valence-electron chi connectivity index (χ3n) is 4.86. The largest absolute Gasteiger partial charge is 0.345 e. The topological polar surface area (TPSA) is 52.7 Å². The number of nitrogens with one attached hydrogen (secondary N) is 1. The predicted octanol–water partition coefficient (Wildman–Crippen LogP) is 1.78. The van der Waals surface area contributed by atoms with Crippen molar-refractivity contribution in [2.75, 3.05) is 37.6 Å². The number of anilines is 1. The van der Waals surface area contributed by atoms with Crippen molar-refractivity contribution in [3.8, 4) is 11.8 Å². The number of carbonyl (C=O) groups is 2. The monoisotopic (exact) mass is 357 g/mol. The Kier molecular flexibility index (Phi) is 6.24. The highest BCUT2D eigenvalue weighted by atomic mass is 19.1. The first-order valence-corrected chi connectivity index (χ1v) is 9.15. The molecule has 1 N–H and O–H groups in total. The van der Waals surface area contributed by atoms with Crippen LogP contribution in [0.1, 0.15) is 25.7 Å². The Bertz CT molecular complexity index is 702. The van der Waals surface area contributed by atoms with Gasteiger partial charge >= 0.3 is 0 Å². The number of rotatable bonds is 4. The van der Waals surface area contributed by atoms with Crippen molar-refractivity contribution in [2.24, 2.45) is 5.92 Å². The minimum atomic E-state index is -0.392. The first-order valence-electron chi connectivity index (χ1n) is 9.15. The van der Waals surface area contributed by atoms with E-state index in [0.29, 0.717) is 18.8 Å². The molecule has 2 fully saturated rings. The second-order valence-electron chi connectivity index (χ2n) is 6.79. The molecule has 0 unspecified atom stereocenters. The zero-order chi connectivity index (χ0) is 18.4. The number of piperidine rings is 1. The predicted molar refractivity (Wildman–Crippen MR) is 97.9 cm³/mol. The molecule has 3 rings (SSSR count). The summed E-state index contributed by atoms with van der Waals surface area (Å²) >= 11 is 0. The number of halogens is 1. The van der Waals surface area contributed by atoms with Crippen molar-refractivity contribution in [3.05, 3.63) is 30.1 Å². The van der Waals surface area contributed by atoms with E-state index in [0.717, 1.165) is 19.6 Å². The summed E-state index contributed by atoms with van der Waals surface area (Å²) in [6.07, 6.45) is 3.94. The van der Waals surface area contributed by atoms with Gasteiger partial charge in [0, 0.05) is 18.7 Å². The van der Waals surface area contributed by atoms with Gasteiger partial charge in [-0.25, -0.2) is 4.39 Å². The lowest BCUT2D eigenvalue weighted by Crippen LogP contribution is -2.33. The minimum Gasteiger partial charge on any atom is -0.345 e. The smallest absolute Gasteiger partial charge is 0.227 e. The maximum atomic E-state index is 13.0. The van der Waals surface area contributed by atoms with Gasteiger partial charge in [-0.2, -0.15) is 0 Å². The van der Waals surface area contributed by atoms with Gasteiger partial charge in [0.15, 0.2) is 0 Å². The SMILES string of the molecule is O=C(NCC#CCN1CCCCC1)[C@H]1CC(=O)N(c2ccc(F)cc2)C1. The highest BCUT2D eigenvalue weighted by Gasteiger charge is 2.34. The standard InChI is InChI=1S/C20H24FN3O2/c21-17-6-8-18(9-7-17)24-15-16(14-19(24)25)20(26)22-10-2-5-13-23-11-3-1-4-12-23/h6-9,16H,1,3-4,10-15H2,(H,22,26)/t16-/m0/s1. The number of benzene rings is 1. The fourth-order valence-corrected chi connectivity index (χ4v) is 3.38. The van der Waals surface area contributed by atoms with Crippen LogP contribution in [0.5, 0.6) is 0 Å². The fraction of sp³-hybridized carbons (Fsp3) is 0.500. The van der Waals surface area contributed by atoms with Gasteiger partial charge in [-0.15, -0.1) is 0 Å². The lowest BCUT2D eigenvalue weighted by Gasteiger charge is -2.23. The van der Waals surface area contributed by atoms with E-state index in [9.17, 15) is 14.0 Å². The number of nitrogens with zero attached hydrogens (tertiary/aromatic N) is 2. The van der Waals surface area contributed by atoms with Gasteiger partial charge in [-0.1, -0.05) is 18.3 Å². The number of carbonyl (C=O) groups excluding carboxylic acids is 2. The molecule has 0 aliphatic carbocycles. The van der Waals surface area contributed by atoms with E-state index in [1.165, 1.54) is 36.3 Å². The molecule has 138 valence electrons. The lowest BCUT2D eigenvalue weighted by molar-refractivity contribution is -0.126. The quantitative estimate of drug-likeness (QED) is 0.836. The Morgan fingerprint density at radius 3 is 2.62 bits per heavy atom. The Morgan fingerprint density at radius 2 is 1.88 bits per heavy atom. The molecule has 1 atom stereocenters. The van der Waals surface area contributed by atoms with E-state index in [2.05, 4.69) is 22.1 Å². The van der Waals surface area contributed by atoms with Crippen LogP contribution < -0.4 is 10.2 Å². The van der Waals surface area contributed by atoms with Gasteiger partial charge in [-0.3, -0.25) is 14.5 Å². The summed E-state index contributed by atoms with van der Waals surface area (Å²) in [6, 6.07) is 5.74. The molecule has 0 saturated carbocycles. The van der Waals surface area contributed by atoms with Crippen molar-refractivity contribution < 1.29 is 14.0 Å². The Hall–Kier alpha value is -2.39. The molecule has 2 saturated heterocycles. The molecular weight excluding hydrogens is 333 g/mol. The Morgan fingerprint density at radius 1 is 1.15 bits per heavy atom. The zero-order valence-corrected chi connectivity index (χ0v) is 14.8. The van der Waals surface area contributed by atoms with E-state index < -0.39 is 5.92 Å². The minimum absolute atomic E-state index is 0.118. The van der Waals surface area contributed by atoms with Crippen LogP contribution in [0.15, 0.2) is 24.3 Å². The highest BCUT2D eigenvalue weighted by Crippen LogP contribution is 2.25. The molecule has 0 aromatic heterocycles. The number of amides is 2. The Labute approximate surface area is 153 Å². The molecular formula is C20H24FN3O2. The zero-order valence-electron chi connectivity index (χ0n) is 14.8. The van der Waals surface area contributed by atoms with Crippen LogP contribution in [0.25, 0.3) is 0 Å². The van der Waals surface area contributed by atoms with Crippen LogP contribution in [0.4, 0.5) is 10.1 Å². The van der Waals surface area contributed by atoms with Crippen LogP contribution in [0.2, 0.25) is 0 Å². The molecule has 1 aromatic rings. The first kappa shape index (κ1) is 18.4. The average molecular weight is 357 g/mol. The van der Waals surface area contributed by atoms with Crippen molar-refractivity contribution >= 4 is 17.5 Å². The van der Waals surface area contributed by atoms with Crippen LogP contribution in [0.3, 0.4) is 0 Å². The lowest BCUT2D eigenvalue weighted by atomic mass is 10.1. The van der Waals surface area contributed by atoms with Crippen LogP contribution in [0, 0.1) is 23.6 Å². The van der Waals surface area contributed by atoms with Gasteiger partial charge < -0.3 is 10.2 Å². The molecule has 2 aliphatic rings. The number of hydrogen-bond acceptors (Lipinski definition) is 3. The summed E-state index contributed by atoms with van der Waals surface area (Å²) in [5.41, 5.74) is 0.619. The molecule has 6 heteroatoms. The van der Waals surface area contributed by atoms with E-state index in [1.807, 2.05) is 0 Å². The van der Waals surface area contributed by atoms with Gasteiger partial charge in [0.1, 0.15) is 5.82 Å². The third kappa shape index (κ3) is 4.83. The fourth-order valence-electron chi connectivity index (χ4n) is 3.38. The molecule has 1 aromatic carbocycles. The molecule has 0 radical (unpaired) electrons.